The van der Waals surface area contributed by atoms with Gasteiger partial charge in [0.2, 0.25) is 0 Å². The molecule has 3 N–H and O–H groups in total. The second kappa shape index (κ2) is 5.08. The Bertz CT molecular complexity index is 519. The summed E-state index contributed by atoms with van der Waals surface area (Å²) in [7, 11) is 0. The molecule has 1 aromatic heterocycles. The molecule has 17 heavy (non-hydrogen) atoms. The Morgan fingerprint density at radius 1 is 1.47 bits per heavy atom. The number of rotatable bonds is 4. The number of aliphatic hydroxyl groups excluding tert-OH is 1. The molecule has 3 nitrogen and oxygen atoms in total. The van der Waals surface area contributed by atoms with E-state index in [9.17, 15) is 5.11 Å². The van der Waals surface area contributed by atoms with Gasteiger partial charge in [0.25, 0.3) is 0 Å². The molecule has 0 radical (unpaired) electrons. The van der Waals surface area contributed by atoms with Crippen LogP contribution < -0.4 is 5.73 Å². The molecule has 1 unspecified atom stereocenters. The van der Waals surface area contributed by atoms with Gasteiger partial charge >= 0.3 is 0 Å². The van der Waals surface area contributed by atoms with Crippen molar-refractivity contribution in [2.75, 3.05) is 6.54 Å². The third kappa shape index (κ3) is 2.46. The van der Waals surface area contributed by atoms with E-state index in [2.05, 4.69) is 4.57 Å². The summed E-state index contributed by atoms with van der Waals surface area (Å²) in [4.78, 5) is 0. The maximum absolute atomic E-state index is 9.76. The summed E-state index contributed by atoms with van der Waals surface area (Å²) < 4.78 is 2.11. The zero-order chi connectivity index (χ0) is 12.4. The van der Waals surface area contributed by atoms with E-state index >= 15 is 0 Å². The van der Waals surface area contributed by atoms with Gasteiger partial charge in [0.1, 0.15) is 0 Å². The maximum atomic E-state index is 9.76. The first-order valence-corrected chi connectivity index (χ1v) is 6.17. The molecular formula is C13H17ClN2O. The summed E-state index contributed by atoms with van der Waals surface area (Å²) in [5, 5.41) is 11.5. The first kappa shape index (κ1) is 12.4. The van der Waals surface area contributed by atoms with Crippen LogP contribution in [0.5, 0.6) is 0 Å². The van der Waals surface area contributed by atoms with Gasteiger partial charge in [-0.3, -0.25) is 0 Å². The number of hydrogen-bond donors (Lipinski definition) is 2. The van der Waals surface area contributed by atoms with E-state index in [1.54, 1.807) is 6.92 Å². The van der Waals surface area contributed by atoms with Crippen molar-refractivity contribution in [3.8, 4) is 0 Å². The first-order chi connectivity index (χ1) is 8.13. The normalized spacial score (nSPS) is 13.2. The largest absolute Gasteiger partial charge is 0.389 e. The molecule has 2 aromatic rings. The van der Waals surface area contributed by atoms with Gasteiger partial charge in [0, 0.05) is 34.2 Å². The van der Waals surface area contributed by atoms with Gasteiger partial charge in [0.15, 0.2) is 0 Å². The lowest BCUT2D eigenvalue weighted by Crippen LogP contribution is -2.04. The van der Waals surface area contributed by atoms with E-state index in [0.717, 1.165) is 29.4 Å². The topological polar surface area (TPSA) is 51.2 Å². The number of nitrogens with two attached hydrogens (primary N) is 1. The standard InChI is InChI=1S/C13H17ClN2O/c1-9(17)12-8-16(6-2-5-15)13-7-10(14)3-4-11(12)13/h3-4,7-9,17H,2,5-6,15H2,1H3. The van der Waals surface area contributed by atoms with Crippen molar-refractivity contribution in [2.45, 2.75) is 26.0 Å². The molecule has 0 spiro atoms. The van der Waals surface area contributed by atoms with Crippen molar-refractivity contribution >= 4 is 22.5 Å². The first-order valence-electron chi connectivity index (χ1n) is 5.80. The van der Waals surface area contributed by atoms with Gasteiger partial charge in [-0.2, -0.15) is 0 Å². The quantitative estimate of drug-likeness (QED) is 0.879. The molecule has 92 valence electrons. The minimum atomic E-state index is -0.474. The molecule has 0 saturated heterocycles. The Labute approximate surface area is 106 Å². The van der Waals surface area contributed by atoms with Crippen LogP contribution in [-0.2, 0) is 6.54 Å². The van der Waals surface area contributed by atoms with Crippen LogP contribution >= 0.6 is 11.6 Å². The summed E-state index contributed by atoms with van der Waals surface area (Å²) >= 11 is 6.01. The summed E-state index contributed by atoms with van der Waals surface area (Å²) in [5.74, 6) is 0. The average molecular weight is 253 g/mol. The molecule has 0 aliphatic heterocycles. The number of benzene rings is 1. The highest BCUT2D eigenvalue weighted by atomic mass is 35.5. The zero-order valence-electron chi connectivity index (χ0n) is 9.86. The Morgan fingerprint density at radius 2 is 2.24 bits per heavy atom. The minimum absolute atomic E-state index is 0.474. The Morgan fingerprint density at radius 3 is 2.88 bits per heavy atom. The van der Waals surface area contributed by atoms with Crippen LogP contribution in [-0.4, -0.2) is 16.2 Å². The lowest BCUT2D eigenvalue weighted by molar-refractivity contribution is 0.200. The van der Waals surface area contributed by atoms with Crippen LogP contribution in [0.1, 0.15) is 25.0 Å². The molecule has 0 fully saturated rings. The molecule has 0 saturated carbocycles. The monoisotopic (exact) mass is 252 g/mol. The van der Waals surface area contributed by atoms with Gasteiger partial charge in [-0.15, -0.1) is 0 Å². The predicted octanol–water partition coefficient (Wildman–Crippen LogP) is 2.70. The van der Waals surface area contributed by atoms with Crippen molar-refractivity contribution in [2.24, 2.45) is 5.73 Å². The molecule has 0 aliphatic carbocycles. The van der Waals surface area contributed by atoms with Crippen LogP contribution in [0, 0.1) is 0 Å². The molecule has 0 bridgehead atoms. The molecule has 0 amide bonds. The fourth-order valence-electron chi connectivity index (χ4n) is 2.07. The summed E-state index contributed by atoms with van der Waals surface area (Å²) in [6, 6.07) is 5.74. The van der Waals surface area contributed by atoms with Crippen molar-refractivity contribution in [1.29, 1.82) is 0 Å². The van der Waals surface area contributed by atoms with Crippen LogP contribution in [0.2, 0.25) is 5.02 Å². The van der Waals surface area contributed by atoms with Gasteiger partial charge in [-0.05, 0) is 32.0 Å². The number of fused-ring (bicyclic) bond motifs is 1. The van der Waals surface area contributed by atoms with E-state index in [1.807, 2.05) is 24.4 Å². The van der Waals surface area contributed by atoms with Gasteiger partial charge < -0.3 is 15.4 Å². The van der Waals surface area contributed by atoms with E-state index in [1.165, 1.54) is 0 Å². The van der Waals surface area contributed by atoms with Crippen LogP contribution in [0.25, 0.3) is 10.9 Å². The molecular weight excluding hydrogens is 236 g/mol. The summed E-state index contributed by atoms with van der Waals surface area (Å²) in [6.45, 7) is 3.28. The number of hydrogen-bond acceptors (Lipinski definition) is 2. The fraction of sp³-hybridized carbons (Fsp3) is 0.385. The highest BCUT2D eigenvalue weighted by Crippen LogP contribution is 2.28. The molecule has 1 aromatic carbocycles. The highest BCUT2D eigenvalue weighted by molar-refractivity contribution is 6.31. The van der Waals surface area contributed by atoms with Crippen LogP contribution in [0.3, 0.4) is 0 Å². The van der Waals surface area contributed by atoms with Crippen molar-refractivity contribution in [1.82, 2.24) is 4.57 Å². The van der Waals surface area contributed by atoms with E-state index in [-0.39, 0.29) is 0 Å². The average Bonchev–Trinajstić information content (AvgIpc) is 2.64. The van der Waals surface area contributed by atoms with E-state index in [4.69, 9.17) is 17.3 Å². The molecule has 1 heterocycles. The number of halogens is 1. The number of aryl methyl sites for hydroxylation is 1. The van der Waals surface area contributed by atoms with Gasteiger partial charge in [0.05, 0.1) is 6.10 Å². The molecule has 4 heteroatoms. The molecule has 1 atom stereocenters. The zero-order valence-corrected chi connectivity index (χ0v) is 10.6. The predicted molar refractivity (Wildman–Crippen MR) is 71.3 cm³/mol. The van der Waals surface area contributed by atoms with Gasteiger partial charge in [-0.25, -0.2) is 0 Å². The number of aromatic nitrogens is 1. The lowest BCUT2D eigenvalue weighted by atomic mass is 10.1. The number of aliphatic hydroxyl groups is 1. The van der Waals surface area contributed by atoms with Crippen molar-refractivity contribution in [3.63, 3.8) is 0 Å². The van der Waals surface area contributed by atoms with Crippen LogP contribution in [0.15, 0.2) is 24.4 Å². The maximum Gasteiger partial charge on any atom is 0.0782 e. The van der Waals surface area contributed by atoms with E-state index in [0.29, 0.717) is 11.6 Å². The lowest BCUT2D eigenvalue weighted by Gasteiger charge is -2.03. The Kier molecular flexibility index (Phi) is 3.72. The fourth-order valence-corrected chi connectivity index (χ4v) is 2.24. The second-order valence-electron chi connectivity index (χ2n) is 4.26. The highest BCUT2D eigenvalue weighted by Gasteiger charge is 2.12. The Hall–Kier alpha value is -1.03. The SMILES string of the molecule is CC(O)c1cn(CCCN)c2cc(Cl)ccc12. The van der Waals surface area contributed by atoms with Crippen LogP contribution in [0.4, 0.5) is 0 Å². The Balaban J connectivity index is 2.54. The second-order valence-corrected chi connectivity index (χ2v) is 4.69. The molecule has 0 aliphatic rings. The smallest absolute Gasteiger partial charge is 0.0782 e. The summed E-state index contributed by atoms with van der Waals surface area (Å²) in [6.07, 6.45) is 2.43. The summed E-state index contributed by atoms with van der Waals surface area (Å²) in [5.41, 5.74) is 7.52. The third-order valence-electron chi connectivity index (χ3n) is 2.93. The van der Waals surface area contributed by atoms with Crippen molar-refractivity contribution in [3.05, 3.63) is 35.0 Å². The van der Waals surface area contributed by atoms with E-state index < -0.39 is 6.10 Å². The van der Waals surface area contributed by atoms with Gasteiger partial charge in [-0.1, -0.05) is 17.7 Å². The minimum Gasteiger partial charge on any atom is -0.389 e. The molecule has 2 rings (SSSR count). The number of nitrogens with zero attached hydrogens (tertiary/aromatic N) is 1. The third-order valence-corrected chi connectivity index (χ3v) is 3.16. The van der Waals surface area contributed by atoms with Crippen molar-refractivity contribution < 1.29 is 5.11 Å².